The molecule has 0 saturated carbocycles. The third kappa shape index (κ3) is 3.11. The molecule has 2 heterocycles. The number of aromatic nitrogens is 1. The van der Waals surface area contributed by atoms with Gasteiger partial charge in [-0.15, -0.1) is 0 Å². The number of rotatable bonds is 2. The zero-order chi connectivity index (χ0) is 16.4. The van der Waals surface area contributed by atoms with Crippen LogP contribution < -0.4 is 4.90 Å². The van der Waals surface area contributed by atoms with Crippen molar-refractivity contribution in [2.45, 2.75) is 19.8 Å². The number of carbonyl (C=O) groups excluding carboxylic acids is 1. The number of pyridine rings is 1. The Kier molecular flexibility index (Phi) is 4.66. The minimum Gasteiger partial charge on any atom is -0.367 e. The van der Waals surface area contributed by atoms with Crippen LogP contribution in [0, 0.1) is 5.82 Å². The number of carbonyl (C=O) groups is 1. The van der Waals surface area contributed by atoms with Gasteiger partial charge in [0.2, 0.25) is 5.91 Å². The Hall–Kier alpha value is -1.88. The van der Waals surface area contributed by atoms with Gasteiger partial charge in [0.15, 0.2) is 5.82 Å². The molecule has 1 saturated heterocycles. The van der Waals surface area contributed by atoms with Crippen LogP contribution in [0.1, 0.15) is 19.8 Å². The Bertz CT molecular complexity index is 737. The van der Waals surface area contributed by atoms with Gasteiger partial charge in [-0.25, -0.2) is 4.39 Å². The normalized spacial score (nSPS) is 15.8. The SMILES string of the molecule is CCC(=O)N1CCCN(c2ccc3c(Cl)ccnc3c2F)CC1. The number of nitrogens with zero attached hydrogens (tertiary/aromatic N) is 3. The topological polar surface area (TPSA) is 36.4 Å². The molecule has 0 N–H and O–H groups in total. The Balaban J connectivity index is 1.89. The van der Waals surface area contributed by atoms with Crippen LogP contribution in [0.3, 0.4) is 0 Å². The van der Waals surface area contributed by atoms with Crippen molar-refractivity contribution >= 4 is 34.1 Å². The van der Waals surface area contributed by atoms with Crippen LogP contribution in [0.25, 0.3) is 10.9 Å². The third-order valence-electron chi connectivity index (χ3n) is 4.27. The lowest BCUT2D eigenvalue weighted by atomic mass is 10.1. The van der Waals surface area contributed by atoms with Crippen molar-refractivity contribution in [3.63, 3.8) is 0 Å². The van der Waals surface area contributed by atoms with E-state index in [1.807, 2.05) is 22.8 Å². The van der Waals surface area contributed by atoms with Gasteiger partial charge >= 0.3 is 0 Å². The van der Waals surface area contributed by atoms with E-state index in [9.17, 15) is 9.18 Å². The lowest BCUT2D eigenvalue weighted by Crippen LogP contribution is -2.34. The maximum absolute atomic E-state index is 14.8. The van der Waals surface area contributed by atoms with Crippen LogP contribution in [-0.2, 0) is 4.79 Å². The molecule has 0 atom stereocenters. The molecule has 1 fully saturated rings. The lowest BCUT2D eigenvalue weighted by molar-refractivity contribution is -0.130. The van der Waals surface area contributed by atoms with E-state index in [0.717, 1.165) is 19.5 Å². The molecule has 1 aliphatic heterocycles. The van der Waals surface area contributed by atoms with Crippen molar-refractivity contribution in [2.75, 3.05) is 31.1 Å². The Morgan fingerprint density at radius 3 is 2.87 bits per heavy atom. The minimum absolute atomic E-state index is 0.152. The zero-order valence-corrected chi connectivity index (χ0v) is 13.8. The summed E-state index contributed by atoms with van der Waals surface area (Å²) >= 11 is 6.10. The van der Waals surface area contributed by atoms with Crippen molar-refractivity contribution < 1.29 is 9.18 Å². The molecule has 1 aromatic carbocycles. The average Bonchev–Trinajstić information content (AvgIpc) is 2.81. The van der Waals surface area contributed by atoms with E-state index in [-0.39, 0.29) is 11.7 Å². The molecule has 0 bridgehead atoms. The summed E-state index contributed by atoms with van der Waals surface area (Å²) in [7, 11) is 0. The summed E-state index contributed by atoms with van der Waals surface area (Å²) in [5.41, 5.74) is 0.818. The quantitative estimate of drug-likeness (QED) is 0.843. The zero-order valence-electron chi connectivity index (χ0n) is 13.1. The van der Waals surface area contributed by atoms with Gasteiger partial charge in [-0.05, 0) is 24.6 Å². The van der Waals surface area contributed by atoms with E-state index in [1.54, 1.807) is 12.1 Å². The van der Waals surface area contributed by atoms with Crippen molar-refractivity contribution in [1.82, 2.24) is 9.88 Å². The van der Waals surface area contributed by atoms with Gasteiger partial charge < -0.3 is 9.80 Å². The summed E-state index contributed by atoms with van der Waals surface area (Å²) in [6.07, 6.45) is 2.85. The van der Waals surface area contributed by atoms with Crippen LogP contribution >= 0.6 is 11.6 Å². The van der Waals surface area contributed by atoms with E-state index in [0.29, 0.717) is 41.1 Å². The number of benzene rings is 1. The van der Waals surface area contributed by atoms with E-state index >= 15 is 0 Å². The maximum atomic E-state index is 14.8. The first-order valence-electron chi connectivity index (χ1n) is 7.87. The summed E-state index contributed by atoms with van der Waals surface area (Å²) in [6, 6.07) is 5.22. The second-order valence-electron chi connectivity index (χ2n) is 5.66. The van der Waals surface area contributed by atoms with Gasteiger partial charge in [0.25, 0.3) is 0 Å². The molecule has 0 aliphatic carbocycles. The first kappa shape index (κ1) is 16.0. The summed E-state index contributed by atoms with van der Waals surface area (Å²) in [6.45, 7) is 4.55. The van der Waals surface area contributed by atoms with E-state index in [2.05, 4.69) is 4.98 Å². The standard InChI is InChI=1S/C17H19ClFN3O/c1-2-15(23)22-9-3-8-21(10-11-22)14-5-4-12-13(18)6-7-20-17(12)16(14)19/h4-7H,2-3,8-11H2,1H3. The van der Waals surface area contributed by atoms with Crippen molar-refractivity contribution in [3.05, 3.63) is 35.2 Å². The van der Waals surface area contributed by atoms with E-state index < -0.39 is 0 Å². The molecule has 0 unspecified atom stereocenters. The molecule has 3 rings (SSSR count). The Morgan fingerprint density at radius 2 is 2.09 bits per heavy atom. The molecule has 2 aromatic rings. The number of hydrogen-bond donors (Lipinski definition) is 0. The second-order valence-corrected chi connectivity index (χ2v) is 6.07. The molecular weight excluding hydrogens is 317 g/mol. The van der Waals surface area contributed by atoms with E-state index in [1.165, 1.54) is 6.20 Å². The molecule has 23 heavy (non-hydrogen) atoms. The largest absolute Gasteiger partial charge is 0.367 e. The number of fused-ring (bicyclic) bond motifs is 1. The summed E-state index contributed by atoms with van der Waals surface area (Å²) < 4.78 is 14.8. The molecule has 4 nitrogen and oxygen atoms in total. The molecule has 0 spiro atoms. The van der Waals surface area contributed by atoms with Gasteiger partial charge in [0.05, 0.1) is 10.7 Å². The highest BCUT2D eigenvalue weighted by Crippen LogP contribution is 2.30. The predicted octanol–water partition coefficient (Wildman–Crippen LogP) is 3.48. The first-order chi connectivity index (χ1) is 11.1. The van der Waals surface area contributed by atoms with Crippen LogP contribution in [0.4, 0.5) is 10.1 Å². The van der Waals surface area contributed by atoms with Gasteiger partial charge in [-0.3, -0.25) is 9.78 Å². The fraction of sp³-hybridized carbons (Fsp3) is 0.412. The molecule has 6 heteroatoms. The lowest BCUT2D eigenvalue weighted by Gasteiger charge is -2.24. The average molecular weight is 336 g/mol. The van der Waals surface area contributed by atoms with E-state index in [4.69, 9.17) is 11.6 Å². The van der Waals surface area contributed by atoms with Gasteiger partial charge in [-0.2, -0.15) is 0 Å². The third-order valence-corrected chi connectivity index (χ3v) is 4.60. The van der Waals surface area contributed by atoms with Crippen molar-refractivity contribution in [2.24, 2.45) is 0 Å². The number of halogens is 2. The van der Waals surface area contributed by atoms with Crippen LogP contribution in [0.5, 0.6) is 0 Å². The molecule has 1 amide bonds. The number of anilines is 1. The second kappa shape index (κ2) is 6.71. The molecular formula is C17H19ClFN3O. The smallest absolute Gasteiger partial charge is 0.222 e. The number of amides is 1. The molecule has 0 radical (unpaired) electrons. The fourth-order valence-electron chi connectivity index (χ4n) is 3.02. The fourth-order valence-corrected chi connectivity index (χ4v) is 3.22. The van der Waals surface area contributed by atoms with Crippen LogP contribution in [0.2, 0.25) is 5.02 Å². The van der Waals surface area contributed by atoms with Crippen molar-refractivity contribution in [3.8, 4) is 0 Å². The van der Waals surface area contributed by atoms with Crippen LogP contribution in [0.15, 0.2) is 24.4 Å². The minimum atomic E-state index is -0.347. The summed E-state index contributed by atoms with van der Waals surface area (Å²) in [5.74, 6) is -0.195. The Morgan fingerprint density at radius 1 is 1.26 bits per heavy atom. The van der Waals surface area contributed by atoms with Crippen LogP contribution in [-0.4, -0.2) is 42.0 Å². The first-order valence-corrected chi connectivity index (χ1v) is 8.25. The predicted molar refractivity (Wildman–Crippen MR) is 90.4 cm³/mol. The highest BCUT2D eigenvalue weighted by molar-refractivity contribution is 6.35. The highest BCUT2D eigenvalue weighted by atomic mass is 35.5. The van der Waals surface area contributed by atoms with Crippen molar-refractivity contribution in [1.29, 1.82) is 0 Å². The van der Waals surface area contributed by atoms with Gasteiger partial charge in [0, 0.05) is 44.2 Å². The number of hydrogen-bond acceptors (Lipinski definition) is 3. The molecule has 122 valence electrons. The monoisotopic (exact) mass is 335 g/mol. The molecule has 1 aromatic heterocycles. The summed E-state index contributed by atoms with van der Waals surface area (Å²) in [4.78, 5) is 19.8. The summed E-state index contributed by atoms with van der Waals surface area (Å²) in [5, 5.41) is 1.11. The highest BCUT2D eigenvalue weighted by Gasteiger charge is 2.21. The Labute approximate surface area is 139 Å². The molecule has 1 aliphatic rings. The van der Waals surface area contributed by atoms with Gasteiger partial charge in [0.1, 0.15) is 5.52 Å². The van der Waals surface area contributed by atoms with Gasteiger partial charge in [-0.1, -0.05) is 18.5 Å². The maximum Gasteiger partial charge on any atom is 0.222 e.